The van der Waals surface area contributed by atoms with Crippen LogP contribution in [-0.4, -0.2) is 50.1 Å². The van der Waals surface area contributed by atoms with Crippen LogP contribution in [0.25, 0.3) is 0 Å². The molecule has 0 bridgehead atoms. The van der Waals surface area contributed by atoms with E-state index in [1.807, 2.05) is 0 Å². The molecule has 0 aromatic heterocycles. The van der Waals surface area contributed by atoms with Gasteiger partial charge in [-0.3, -0.25) is 4.79 Å². The normalized spacial score (nSPS) is 20.5. The molecular weight excluding hydrogens is 214 g/mol. The summed E-state index contributed by atoms with van der Waals surface area (Å²) in [6.45, 7) is 10.2. The number of carbonyl (C=O) groups excluding carboxylic acids is 1. The number of likely N-dealkylation sites (N-methyl/N-ethyl adjacent to an activating group) is 1. The van der Waals surface area contributed by atoms with Crippen LogP contribution in [0.3, 0.4) is 0 Å². The van der Waals surface area contributed by atoms with Crippen molar-refractivity contribution in [2.45, 2.75) is 33.1 Å². The molecule has 0 spiro atoms. The van der Waals surface area contributed by atoms with Crippen LogP contribution in [-0.2, 0) is 4.79 Å². The van der Waals surface area contributed by atoms with Crippen LogP contribution in [0.1, 0.15) is 33.1 Å². The van der Waals surface area contributed by atoms with Crippen LogP contribution in [0.15, 0.2) is 0 Å². The van der Waals surface area contributed by atoms with E-state index >= 15 is 0 Å². The van der Waals surface area contributed by atoms with Gasteiger partial charge >= 0.3 is 0 Å². The fourth-order valence-corrected chi connectivity index (χ4v) is 2.30. The Kier molecular flexibility index (Phi) is 7.21. The number of rotatable bonds is 7. The minimum absolute atomic E-state index is 0.185. The van der Waals surface area contributed by atoms with Gasteiger partial charge in [0, 0.05) is 19.6 Å². The Morgan fingerprint density at radius 1 is 1.41 bits per heavy atom. The summed E-state index contributed by atoms with van der Waals surface area (Å²) in [6.07, 6.45) is 3.33. The molecule has 1 aliphatic rings. The van der Waals surface area contributed by atoms with Crippen LogP contribution in [0.4, 0.5) is 0 Å². The average molecular weight is 241 g/mol. The van der Waals surface area contributed by atoms with Gasteiger partial charge in [-0.25, -0.2) is 0 Å². The van der Waals surface area contributed by atoms with Crippen molar-refractivity contribution in [3.8, 4) is 0 Å². The molecule has 1 atom stereocenters. The van der Waals surface area contributed by atoms with Gasteiger partial charge in [0.1, 0.15) is 0 Å². The minimum Gasteiger partial charge on any atom is -0.355 e. The van der Waals surface area contributed by atoms with Gasteiger partial charge < -0.3 is 15.5 Å². The lowest BCUT2D eigenvalue weighted by molar-refractivity contribution is -0.125. The summed E-state index contributed by atoms with van der Waals surface area (Å²) in [4.78, 5) is 14.2. The lowest BCUT2D eigenvalue weighted by Gasteiger charge is -2.23. The molecule has 0 aromatic rings. The molecule has 17 heavy (non-hydrogen) atoms. The highest BCUT2D eigenvalue weighted by molar-refractivity contribution is 5.78. The fraction of sp³-hybridized carbons (Fsp3) is 0.923. The number of hydrogen-bond donors (Lipinski definition) is 2. The zero-order chi connectivity index (χ0) is 12.5. The quantitative estimate of drug-likeness (QED) is 0.694. The van der Waals surface area contributed by atoms with Gasteiger partial charge in [0.15, 0.2) is 0 Å². The lowest BCUT2D eigenvalue weighted by atomic mass is 9.99. The molecule has 0 radical (unpaired) electrons. The predicted octanol–water partition coefficient (Wildman–Crippen LogP) is 0.834. The second-order valence-electron chi connectivity index (χ2n) is 4.77. The maximum absolute atomic E-state index is 11.9. The van der Waals surface area contributed by atoms with Gasteiger partial charge in [-0.1, -0.05) is 13.8 Å². The first-order valence-corrected chi connectivity index (χ1v) is 6.98. The Labute approximate surface area is 105 Å². The molecule has 4 nitrogen and oxygen atoms in total. The van der Waals surface area contributed by atoms with E-state index < -0.39 is 0 Å². The number of amides is 1. The second kappa shape index (κ2) is 8.48. The third-order valence-corrected chi connectivity index (χ3v) is 3.38. The van der Waals surface area contributed by atoms with Crippen molar-refractivity contribution in [3.63, 3.8) is 0 Å². The molecule has 100 valence electrons. The van der Waals surface area contributed by atoms with Crippen molar-refractivity contribution in [1.29, 1.82) is 0 Å². The highest BCUT2D eigenvalue weighted by atomic mass is 16.1. The number of carbonyl (C=O) groups is 1. The molecule has 0 saturated carbocycles. The molecule has 1 fully saturated rings. The Bertz CT molecular complexity index is 215. The molecule has 1 unspecified atom stereocenters. The third-order valence-electron chi connectivity index (χ3n) is 3.38. The van der Waals surface area contributed by atoms with Gasteiger partial charge in [0.25, 0.3) is 0 Å². The summed E-state index contributed by atoms with van der Waals surface area (Å²) in [6, 6.07) is 0. The van der Waals surface area contributed by atoms with Crippen LogP contribution >= 0.6 is 0 Å². The van der Waals surface area contributed by atoms with E-state index in [1.54, 1.807) is 0 Å². The Hall–Kier alpha value is -0.610. The van der Waals surface area contributed by atoms with Crippen molar-refractivity contribution in [1.82, 2.24) is 15.5 Å². The zero-order valence-corrected chi connectivity index (χ0v) is 11.3. The Morgan fingerprint density at radius 2 is 2.24 bits per heavy atom. The highest BCUT2D eigenvalue weighted by Crippen LogP contribution is 2.09. The Balaban J connectivity index is 2.14. The van der Waals surface area contributed by atoms with Crippen molar-refractivity contribution < 1.29 is 4.79 Å². The number of hydrogen-bond acceptors (Lipinski definition) is 3. The summed E-state index contributed by atoms with van der Waals surface area (Å²) in [5.74, 6) is 0.412. The van der Waals surface area contributed by atoms with E-state index in [1.165, 1.54) is 6.42 Å². The molecule has 0 aliphatic carbocycles. The van der Waals surface area contributed by atoms with E-state index in [4.69, 9.17) is 0 Å². The van der Waals surface area contributed by atoms with Crippen LogP contribution in [0.5, 0.6) is 0 Å². The molecule has 1 heterocycles. The molecular formula is C13H27N3O. The van der Waals surface area contributed by atoms with E-state index in [9.17, 15) is 4.79 Å². The summed E-state index contributed by atoms with van der Waals surface area (Å²) in [7, 11) is 0. The van der Waals surface area contributed by atoms with Gasteiger partial charge in [-0.15, -0.1) is 0 Å². The monoisotopic (exact) mass is 241 g/mol. The molecule has 1 rings (SSSR count). The SMILES string of the molecule is CCCN(CC)CCNC(=O)C1CCCNC1. The Morgan fingerprint density at radius 3 is 2.82 bits per heavy atom. The van der Waals surface area contributed by atoms with E-state index in [2.05, 4.69) is 29.4 Å². The van der Waals surface area contributed by atoms with Crippen molar-refractivity contribution >= 4 is 5.91 Å². The van der Waals surface area contributed by atoms with Crippen LogP contribution in [0.2, 0.25) is 0 Å². The molecule has 1 aliphatic heterocycles. The van der Waals surface area contributed by atoms with Crippen molar-refractivity contribution in [3.05, 3.63) is 0 Å². The summed E-state index contributed by atoms with van der Waals surface area (Å²) < 4.78 is 0. The molecule has 1 saturated heterocycles. The topological polar surface area (TPSA) is 44.4 Å². The first-order valence-electron chi connectivity index (χ1n) is 6.98. The van der Waals surface area contributed by atoms with Gasteiger partial charge in [0.05, 0.1) is 5.92 Å². The first-order chi connectivity index (χ1) is 8.27. The molecule has 1 amide bonds. The number of piperidine rings is 1. The van der Waals surface area contributed by atoms with Gasteiger partial charge in [-0.2, -0.15) is 0 Å². The summed E-state index contributed by atoms with van der Waals surface area (Å²) in [5.41, 5.74) is 0. The number of nitrogens with one attached hydrogen (secondary N) is 2. The van der Waals surface area contributed by atoms with Crippen molar-refractivity contribution in [2.24, 2.45) is 5.92 Å². The third kappa shape index (κ3) is 5.50. The molecule has 0 aromatic carbocycles. The summed E-state index contributed by atoms with van der Waals surface area (Å²) in [5, 5.41) is 6.33. The maximum Gasteiger partial charge on any atom is 0.224 e. The number of nitrogens with zero attached hydrogens (tertiary/aromatic N) is 1. The van der Waals surface area contributed by atoms with E-state index in [0.29, 0.717) is 0 Å². The maximum atomic E-state index is 11.9. The van der Waals surface area contributed by atoms with E-state index in [-0.39, 0.29) is 11.8 Å². The summed E-state index contributed by atoms with van der Waals surface area (Å²) >= 11 is 0. The first kappa shape index (κ1) is 14.5. The second-order valence-corrected chi connectivity index (χ2v) is 4.77. The van der Waals surface area contributed by atoms with Gasteiger partial charge in [-0.05, 0) is 38.9 Å². The van der Waals surface area contributed by atoms with Gasteiger partial charge in [0.2, 0.25) is 5.91 Å². The zero-order valence-electron chi connectivity index (χ0n) is 11.3. The van der Waals surface area contributed by atoms with E-state index in [0.717, 1.165) is 52.1 Å². The predicted molar refractivity (Wildman–Crippen MR) is 71.0 cm³/mol. The smallest absolute Gasteiger partial charge is 0.224 e. The molecule has 4 heteroatoms. The van der Waals surface area contributed by atoms with Crippen molar-refractivity contribution in [2.75, 3.05) is 39.3 Å². The average Bonchev–Trinajstić information content (AvgIpc) is 2.38. The molecule has 2 N–H and O–H groups in total. The minimum atomic E-state index is 0.185. The fourth-order valence-electron chi connectivity index (χ4n) is 2.30. The highest BCUT2D eigenvalue weighted by Gasteiger charge is 2.20. The van der Waals surface area contributed by atoms with Crippen LogP contribution in [0, 0.1) is 5.92 Å². The lowest BCUT2D eigenvalue weighted by Crippen LogP contribution is -2.43. The largest absolute Gasteiger partial charge is 0.355 e. The van der Waals surface area contributed by atoms with Crippen LogP contribution < -0.4 is 10.6 Å². The standard InChI is InChI=1S/C13H27N3O/c1-3-9-16(4-2)10-8-15-13(17)12-6-5-7-14-11-12/h12,14H,3-11H2,1-2H3,(H,15,17).